The molecule has 4 N–H and O–H groups in total. The van der Waals surface area contributed by atoms with E-state index in [0.29, 0.717) is 13.0 Å². The molecule has 116 valence electrons. The van der Waals surface area contributed by atoms with E-state index >= 15 is 0 Å². The molecule has 9 nitrogen and oxygen atoms in total. The number of nitrogens with one attached hydrogen (secondary N) is 2. The van der Waals surface area contributed by atoms with Crippen molar-refractivity contribution in [3.63, 3.8) is 0 Å². The number of nitrogen functional groups attached to an aromatic ring is 1. The Labute approximate surface area is 121 Å². The summed E-state index contributed by atoms with van der Waals surface area (Å²) >= 11 is 0. The topological polar surface area (TPSA) is 137 Å². The number of rotatable bonds is 5. The molecule has 0 radical (unpaired) electrons. The molecule has 1 aliphatic heterocycles. The molecule has 0 bridgehead atoms. The lowest BCUT2D eigenvalue weighted by Gasteiger charge is -2.23. The molecule has 1 atom stereocenters. The number of nitrogens with zero attached hydrogens (tertiary/aromatic N) is 1. The zero-order chi connectivity index (χ0) is 15.5. The van der Waals surface area contributed by atoms with Gasteiger partial charge in [-0.15, -0.1) is 0 Å². The zero-order valence-electron chi connectivity index (χ0n) is 11.1. The molecule has 0 amide bonds. The highest BCUT2D eigenvalue weighted by Gasteiger charge is 2.29. The fourth-order valence-electron chi connectivity index (χ4n) is 2.09. The monoisotopic (exact) mass is 316 g/mol. The second-order valence-electron chi connectivity index (χ2n) is 4.62. The van der Waals surface area contributed by atoms with Gasteiger partial charge < -0.3 is 10.2 Å². The first kappa shape index (κ1) is 15.6. The van der Waals surface area contributed by atoms with E-state index in [1.165, 1.54) is 6.07 Å². The van der Waals surface area contributed by atoms with Crippen LogP contribution in [0.15, 0.2) is 23.1 Å². The second-order valence-corrected chi connectivity index (χ2v) is 6.30. The van der Waals surface area contributed by atoms with Crippen LogP contribution < -0.4 is 16.0 Å². The van der Waals surface area contributed by atoms with Crippen LogP contribution in [0.25, 0.3) is 0 Å². The Morgan fingerprint density at radius 1 is 1.43 bits per heavy atom. The van der Waals surface area contributed by atoms with Crippen molar-refractivity contribution in [2.24, 2.45) is 5.84 Å². The molecule has 1 saturated heterocycles. The van der Waals surface area contributed by atoms with Crippen LogP contribution in [-0.4, -0.2) is 32.6 Å². The fourth-order valence-corrected chi connectivity index (χ4v) is 3.54. The predicted octanol–water partition coefficient (Wildman–Crippen LogP) is 0.338. The first-order valence-electron chi connectivity index (χ1n) is 6.29. The molecular formula is C11H16N4O5S. The van der Waals surface area contributed by atoms with E-state index in [1.54, 1.807) is 0 Å². The summed E-state index contributed by atoms with van der Waals surface area (Å²) in [7, 11) is -4.04. The van der Waals surface area contributed by atoms with Gasteiger partial charge in [-0.05, 0) is 25.0 Å². The summed E-state index contributed by atoms with van der Waals surface area (Å²) in [5.41, 5.74) is 2.03. The molecule has 1 heterocycles. The lowest BCUT2D eigenvalue weighted by atomic mass is 10.1. The highest BCUT2D eigenvalue weighted by molar-refractivity contribution is 7.89. The highest BCUT2D eigenvalue weighted by atomic mass is 32.2. The second kappa shape index (κ2) is 6.35. The van der Waals surface area contributed by atoms with Crippen molar-refractivity contribution >= 4 is 21.4 Å². The Morgan fingerprint density at radius 3 is 2.76 bits per heavy atom. The van der Waals surface area contributed by atoms with Crippen LogP contribution in [-0.2, 0) is 14.8 Å². The maximum atomic E-state index is 12.4. The van der Waals surface area contributed by atoms with Gasteiger partial charge in [-0.25, -0.2) is 13.1 Å². The third kappa shape index (κ3) is 3.67. The lowest BCUT2D eigenvalue weighted by Crippen LogP contribution is -2.40. The molecule has 21 heavy (non-hydrogen) atoms. The Kier molecular flexibility index (Phi) is 4.73. The number of nitro groups is 1. The van der Waals surface area contributed by atoms with Crippen LogP contribution in [0.3, 0.4) is 0 Å². The van der Waals surface area contributed by atoms with Gasteiger partial charge in [0.2, 0.25) is 10.0 Å². The van der Waals surface area contributed by atoms with Gasteiger partial charge in [-0.3, -0.25) is 16.0 Å². The highest BCUT2D eigenvalue weighted by Crippen LogP contribution is 2.27. The predicted molar refractivity (Wildman–Crippen MR) is 75.1 cm³/mol. The third-order valence-corrected chi connectivity index (χ3v) is 4.64. The SMILES string of the molecule is NNc1ccc([N+](=O)[O-])c(S(=O)(=O)NC2CCCOC2)c1. The summed E-state index contributed by atoms with van der Waals surface area (Å²) in [5, 5.41) is 11.0. The molecule has 1 fully saturated rings. The van der Waals surface area contributed by atoms with Crippen LogP contribution >= 0.6 is 0 Å². The Bertz CT molecular complexity index is 628. The smallest absolute Gasteiger partial charge is 0.289 e. The number of benzene rings is 1. The summed E-state index contributed by atoms with van der Waals surface area (Å²) in [6.45, 7) is 0.840. The molecule has 0 aliphatic carbocycles. The van der Waals surface area contributed by atoms with Crippen molar-refractivity contribution in [3.8, 4) is 0 Å². The molecule has 1 aliphatic rings. The van der Waals surface area contributed by atoms with Gasteiger partial charge in [0.15, 0.2) is 4.90 Å². The molecule has 2 rings (SSSR count). The minimum Gasteiger partial charge on any atom is -0.380 e. The van der Waals surface area contributed by atoms with E-state index in [4.69, 9.17) is 10.6 Å². The fraction of sp³-hybridized carbons (Fsp3) is 0.455. The van der Waals surface area contributed by atoms with Gasteiger partial charge in [0.05, 0.1) is 17.2 Å². The number of hydrogen-bond acceptors (Lipinski definition) is 7. The minimum absolute atomic E-state index is 0.252. The molecule has 10 heteroatoms. The van der Waals surface area contributed by atoms with Crippen LogP contribution in [0.2, 0.25) is 0 Å². The van der Waals surface area contributed by atoms with Gasteiger partial charge in [-0.2, -0.15) is 0 Å². The number of nitrogens with two attached hydrogens (primary N) is 1. The standard InChI is InChI=1S/C11H16N4O5S/c12-13-8-3-4-10(15(16)17)11(6-8)21(18,19)14-9-2-1-5-20-7-9/h3-4,6,9,13-14H,1-2,5,7,12H2. The van der Waals surface area contributed by atoms with Gasteiger partial charge >= 0.3 is 0 Å². The van der Waals surface area contributed by atoms with Crippen molar-refractivity contribution in [1.82, 2.24) is 4.72 Å². The van der Waals surface area contributed by atoms with Gasteiger partial charge in [-0.1, -0.05) is 0 Å². The van der Waals surface area contributed by atoms with E-state index in [9.17, 15) is 18.5 Å². The van der Waals surface area contributed by atoms with Gasteiger partial charge in [0, 0.05) is 18.7 Å². The molecule has 0 aromatic heterocycles. The average molecular weight is 316 g/mol. The van der Waals surface area contributed by atoms with Crippen molar-refractivity contribution in [2.45, 2.75) is 23.8 Å². The number of sulfonamides is 1. The summed E-state index contributed by atoms with van der Waals surface area (Å²) in [5.74, 6) is 5.22. The number of hydrogen-bond donors (Lipinski definition) is 3. The van der Waals surface area contributed by atoms with Crippen molar-refractivity contribution < 1.29 is 18.1 Å². The van der Waals surface area contributed by atoms with Crippen molar-refractivity contribution in [1.29, 1.82) is 0 Å². The summed E-state index contributed by atoms with van der Waals surface area (Å²) in [6, 6.07) is 3.17. The Morgan fingerprint density at radius 2 is 2.19 bits per heavy atom. The summed E-state index contributed by atoms with van der Waals surface area (Å²) in [6.07, 6.45) is 1.36. The maximum absolute atomic E-state index is 12.4. The molecule has 1 aromatic rings. The third-order valence-electron chi connectivity index (χ3n) is 3.09. The molecule has 0 saturated carbocycles. The number of anilines is 1. The summed E-state index contributed by atoms with van der Waals surface area (Å²) < 4.78 is 32.3. The largest absolute Gasteiger partial charge is 0.380 e. The van der Waals surface area contributed by atoms with E-state index in [0.717, 1.165) is 18.6 Å². The van der Waals surface area contributed by atoms with Crippen LogP contribution in [0.5, 0.6) is 0 Å². The van der Waals surface area contributed by atoms with Crippen molar-refractivity contribution in [2.75, 3.05) is 18.6 Å². The first-order chi connectivity index (χ1) is 9.94. The number of nitro benzene ring substituents is 1. The molecule has 0 spiro atoms. The molecular weight excluding hydrogens is 300 g/mol. The number of hydrazine groups is 1. The Balaban J connectivity index is 2.35. The quantitative estimate of drug-likeness (QED) is 0.404. The van der Waals surface area contributed by atoms with Crippen LogP contribution in [0.4, 0.5) is 11.4 Å². The Hall–Kier alpha value is -1.75. The summed E-state index contributed by atoms with van der Waals surface area (Å²) in [4.78, 5) is 9.83. The van der Waals surface area contributed by atoms with E-state index < -0.39 is 31.6 Å². The minimum atomic E-state index is -4.04. The zero-order valence-corrected chi connectivity index (χ0v) is 11.9. The van der Waals surface area contributed by atoms with Crippen LogP contribution in [0, 0.1) is 10.1 Å². The number of ether oxygens (including phenoxy) is 1. The first-order valence-corrected chi connectivity index (χ1v) is 7.77. The maximum Gasteiger partial charge on any atom is 0.289 e. The molecule has 1 aromatic carbocycles. The van der Waals surface area contributed by atoms with Crippen molar-refractivity contribution in [3.05, 3.63) is 28.3 Å². The normalized spacial score (nSPS) is 19.2. The van der Waals surface area contributed by atoms with Gasteiger partial charge in [0.25, 0.3) is 5.69 Å². The van der Waals surface area contributed by atoms with Crippen LogP contribution in [0.1, 0.15) is 12.8 Å². The lowest BCUT2D eigenvalue weighted by molar-refractivity contribution is -0.387. The van der Waals surface area contributed by atoms with E-state index in [1.807, 2.05) is 0 Å². The van der Waals surface area contributed by atoms with E-state index in [2.05, 4.69) is 10.1 Å². The molecule has 1 unspecified atom stereocenters. The average Bonchev–Trinajstić information content (AvgIpc) is 2.47. The van der Waals surface area contributed by atoms with E-state index in [-0.39, 0.29) is 12.3 Å². The van der Waals surface area contributed by atoms with Gasteiger partial charge in [0.1, 0.15) is 0 Å².